The molecule has 1 aliphatic carbocycles. The summed E-state index contributed by atoms with van der Waals surface area (Å²) in [5, 5.41) is 3.00. The van der Waals surface area contributed by atoms with Crippen LogP contribution in [0.4, 0.5) is 0 Å². The molecule has 1 fully saturated rings. The number of nitrogens with one attached hydrogen (secondary N) is 1. The maximum Gasteiger partial charge on any atom is 0.237 e. The summed E-state index contributed by atoms with van der Waals surface area (Å²) in [7, 11) is -3.09. The van der Waals surface area contributed by atoms with E-state index < -0.39 is 15.9 Å². The molecule has 5 nitrogen and oxygen atoms in total. The molecule has 3 atom stereocenters. The van der Waals surface area contributed by atoms with E-state index in [-0.39, 0.29) is 24.1 Å². The number of nitrogens with two attached hydrogens (primary N) is 1. The van der Waals surface area contributed by atoms with Crippen molar-refractivity contribution in [2.45, 2.75) is 43.7 Å². The summed E-state index contributed by atoms with van der Waals surface area (Å²) >= 11 is 0. The van der Waals surface area contributed by atoms with Gasteiger partial charge < -0.3 is 11.1 Å². The summed E-state index contributed by atoms with van der Waals surface area (Å²) < 4.78 is 22.3. The van der Waals surface area contributed by atoms with Crippen molar-refractivity contribution in [3.8, 4) is 0 Å². The molecular weight excluding hydrogens is 300 g/mol. The van der Waals surface area contributed by atoms with Crippen molar-refractivity contribution in [3.05, 3.63) is 35.9 Å². The van der Waals surface area contributed by atoms with E-state index in [9.17, 15) is 13.2 Å². The Hall–Kier alpha value is -1.40. The lowest BCUT2D eigenvalue weighted by molar-refractivity contribution is -0.123. The number of carbonyl (C=O) groups is 1. The zero-order chi connectivity index (χ0) is 16.2. The van der Waals surface area contributed by atoms with Gasteiger partial charge in [-0.3, -0.25) is 4.79 Å². The van der Waals surface area contributed by atoms with Gasteiger partial charge in [0.05, 0.1) is 11.8 Å². The van der Waals surface area contributed by atoms with E-state index in [1.165, 1.54) is 5.56 Å². The standard InChI is InChI=1S/C16H24N2O3S/c1-22(20,21)11-10-14(17)16(19)18-15-9-5-8-13(15)12-6-3-2-4-7-12/h2-4,6-7,13-15H,5,8-11,17H2,1H3,(H,18,19). The summed E-state index contributed by atoms with van der Waals surface area (Å²) in [6.07, 6.45) is 4.37. The lowest BCUT2D eigenvalue weighted by Crippen LogP contribution is -2.46. The van der Waals surface area contributed by atoms with Gasteiger partial charge in [-0.1, -0.05) is 36.8 Å². The predicted octanol–water partition coefficient (Wildman–Crippen LogP) is 1.20. The highest BCUT2D eigenvalue weighted by Crippen LogP contribution is 2.34. The van der Waals surface area contributed by atoms with Crippen molar-refractivity contribution in [2.24, 2.45) is 5.73 Å². The molecule has 1 amide bonds. The molecule has 1 aliphatic rings. The Bertz CT molecular complexity index is 601. The molecule has 0 aromatic heterocycles. The maximum absolute atomic E-state index is 12.2. The highest BCUT2D eigenvalue weighted by Gasteiger charge is 2.30. The predicted molar refractivity (Wildman–Crippen MR) is 87.3 cm³/mol. The Kier molecular flexibility index (Phi) is 5.58. The number of hydrogen-bond donors (Lipinski definition) is 2. The quantitative estimate of drug-likeness (QED) is 0.823. The molecule has 0 spiro atoms. The van der Waals surface area contributed by atoms with E-state index in [1.54, 1.807) is 0 Å². The molecule has 0 heterocycles. The molecule has 6 heteroatoms. The Balaban J connectivity index is 1.93. The highest BCUT2D eigenvalue weighted by atomic mass is 32.2. The lowest BCUT2D eigenvalue weighted by Gasteiger charge is -2.23. The molecule has 1 aromatic carbocycles. The van der Waals surface area contributed by atoms with Crippen molar-refractivity contribution in [1.29, 1.82) is 0 Å². The van der Waals surface area contributed by atoms with Crippen LogP contribution in [-0.4, -0.2) is 38.4 Å². The Morgan fingerprint density at radius 1 is 1.32 bits per heavy atom. The smallest absolute Gasteiger partial charge is 0.237 e. The fourth-order valence-corrected chi connectivity index (χ4v) is 3.68. The second kappa shape index (κ2) is 7.24. The van der Waals surface area contributed by atoms with Gasteiger partial charge in [0.2, 0.25) is 5.91 Å². The average molecular weight is 324 g/mol. The van der Waals surface area contributed by atoms with E-state index in [2.05, 4.69) is 17.4 Å². The largest absolute Gasteiger partial charge is 0.351 e. The van der Waals surface area contributed by atoms with Crippen LogP contribution in [0.3, 0.4) is 0 Å². The molecule has 0 saturated heterocycles. The van der Waals surface area contributed by atoms with Crippen LogP contribution in [0.15, 0.2) is 30.3 Å². The molecule has 1 saturated carbocycles. The Morgan fingerprint density at radius 3 is 2.64 bits per heavy atom. The van der Waals surface area contributed by atoms with E-state index in [4.69, 9.17) is 5.73 Å². The first kappa shape index (κ1) is 17.0. The van der Waals surface area contributed by atoms with E-state index in [1.807, 2.05) is 18.2 Å². The fraction of sp³-hybridized carbons (Fsp3) is 0.562. The van der Waals surface area contributed by atoms with Crippen LogP contribution in [0, 0.1) is 0 Å². The summed E-state index contributed by atoms with van der Waals surface area (Å²) in [4.78, 5) is 12.2. The SMILES string of the molecule is CS(=O)(=O)CCC(N)C(=O)NC1CCCC1c1ccccc1. The zero-order valence-electron chi connectivity index (χ0n) is 12.9. The maximum atomic E-state index is 12.2. The van der Waals surface area contributed by atoms with Gasteiger partial charge in [0, 0.05) is 18.2 Å². The number of amides is 1. The molecule has 122 valence electrons. The minimum Gasteiger partial charge on any atom is -0.351 e. The Labute approximate surface area is 132 Å². The van der Waals surface area contributed by atoms with Gasteiger partial charge in [-0.15, -0.1) is 0 Å². The van der Waals surface area contributed by atoms with Crippen LogP contribution in [0.1, 0.15) is 37.2 Å². The Morgan fingerprint density at radius 2 is 2.00 bits per heavy atom. The monoisotopic (exact) mass is 324 g/mol. The summed E-state index contributed by atoms with van der Waals surface area (Å²) in [5.74, 6) is -0.00213. The molecule has 0 aliphatic heterocycles. The molecule has 0 bridgehead atoms. The van der Waals surface area contributed by atoms with E-state index >= 15 is 0 Å². The van der Waals surface area contributed by atoms with Gasteiger partial charge in [0.15, 0.2) is 0 Å². The fourth-order valence-electron chi connectivity index (χ4n) is 2.99. The third-order valence-corrected chi connectivity index (χ3v) is 5.19. The van der Waals surface area contributed by atoms with E-state index in [0.717, 1.165) is 25.5 Å². The minimum atomic E-state index is -3.09. The summed E-state index contributed by atoms with van der Waals surface area (Å²) in [6, 6.07) is 9.46. The first-order valence-corrected chi connectivity index (χ1v) is 9.71. The van der Waals surface area contributed by atoms with Gasteiger partial charge in [-0.2, -0.15) is 0 Å². The molecule has 3 N–H and O–H groups in total. The lowest BCUT2D eigenvalue weighted by atomic mass is 9.94. The molecule has 3 unspecified atom stereocenters. The number of carbonyl (C=O) groups excluding carboxylic acids is 1. The van der Waals surface area contributed by atoms with Crippen molar-refractivity contribution < 1.29 is 13.2 Å². The van der Waals surface area contributed by atoms with Crippen molar-refractivity contribution in [1.82, 2.24) is 5.32 Å². The normalized spacial score (nSPS) is 23.2. The zero-order valence-corrected chi connectivity index (χ0v) is 13.7. The van der Waals surface area contributed by atoms with Crippen LogP contribution in [0.2, 0.25) is 0 Å². The van der Waals surface area contributed by atoms with E-state index in [0.29, 0.717) is 5.92 Å². The van der Waals surface area contributed by atoms with Crippen LogP contribution in [0.25, 0.3) is 0 Å². The summed E-state index contributed by atoms with van der Waals surface area (Å²) in [5.41, 5.74) is 7.04. The molecular formula is C16H24N2O3S. The van der Waals surface area contributed by atoms with Crippen molar-refractivity contribution >= 4 is 15.7 Å². The topological polar surface area (TPSA) is 89.3 Å². The number of rotatable bonds is 6. The average Bonchev–Trinajstić information content (AvgIpc) is 2.93. The van der Waals surface area contributed by atoms with Crippen molar-refractivity contribution in [2.75, 3.05) is 12.0 Å². The number of benzene rings is 1. The first-order chi connectivity index (χ1) is 10.4. The van der Waals surface area contributed by atoms with Gasteiger partial charge in [0.1, 0.15) is 9.84 Å². The van der Waals surface area contributed by atoms with Gasteiger partial charge in [-0.25, -0.2) is 8.42 Å². The second-order valence-electron chi connectivity index (χ2n) is 6.09. The van der Waals surface area contributed by atoms with Crippen LogP contribution in [0.5, 0.6) is 0 Å². The molecule has 22 heavy (non-hydrogen) atoms. The third-order valence-electron chi connectivity index (χ3n) is 4.21. The highest BCUT2D eigenvalue weighted by molar-refractivity contribution is 7.90. The first-order valence-electron chi connectivity index (χ1n) is 7.65. The van der Waals surface area contributed by atoms with Gasteiger partial charge >= 0.3 is 0 Å². The van der Waals surface area contributed by atoms with Crippen LogP contribution >= 0.6 is 0 Å². The summed E-state index contributed by atoms with van der Waals surface area (Å²) in [6.45, 7) is 0. The molecule has 2 rings (SSSR count). The van der Waals surface area contributed by atoms with Gasteiger partial charge in [-0.05, 0) is 24.8 Å². The number of hydrogen-bond acceptors (Lipinski definition) is 4. The number of sulfone groups is 1. The second-order valence-corrected chi connectivity index (χ2v) is 8.35. The molecule has 0 radical (unpaired) electrons. The third kappa shape index (κ3) is 4.81. The minimum absolute atomic E-state index is 0.0611. The van der Waals surface area contributed by atoms with Crippen LogP contribution in [-0.2, 0) is 14.6 Å². The van der Waals surface area contributed by atoms with Crippen LogP contribution < -0.4 is 11.1 Å². The molecule has 1 aromatic rings. The van der Waals surface area contributed by atoms with Gasteiger partial charge in [0.25, 0.3) is 0 Å². The van der Waals surface area contributed by atoms with Crippen molar-refractivity contribution in [3.63, 3.8) is 0 Å².